The summed E-state index contributed by atoms with van der Waals surface area (Å²) in [6, 6.07) is 19.6. The van der Waals surface area contributed by atoms with Crippen molar-refractivity contribution in [1.82, 2.24) is 4.98 Å². The molecule has 202 valence electrons. The maximum atomic E-state index is 13.7. The Morgan fingerprint density at radius 1 is 1.02 bits per heavy atom. The fourth-order valence-electron chi connectivity index (χ4n) is 5.06. The number of ether oxygens (including phenoxy) is 1. The Morgan fingerprint density at radius 2 is 1.77 bits per heavy atom. The maximum Gasteiger partial charge on any atom is 0.305 e. The van der Waals surface area contributed by atoms with E-state index in [1.165, 1.54) is 36.0 Å². The largest absolute Gasteiger partial charge is 0.484 e. The normalized spacial score (nSPS) is 19.8. The zero-order valence-corrected chi connectivity index (χ0v) is 22.7. The van der Waals surface area contributed by atoms with Crippen molar-refractivity contribution in [3.8, 4) is 5.75 Å². The minimum Gasteiger partial charge on any atom is -0.484 e. The minimum absolute atomic E-state index is 0.193. The van der Waals surface area contributed by atoms with E-state index in [2.05, 4.69) is 10.3 Å². The van der Waals surface area contributed by atoms with Gasteiger partial charge in [-0.05, 0) is 66.6 Å². The number of anilines is 2. The van der Waals surface area contributed by atoms with Gasteiger partial charge in [-0.15, -0.1) is 0 Å². The molecule has 8 nitrogen and oxygen atoms in total. The lowest BCUT2D eigenvalue weighted by Gasteiger charge is -2.29. The molecule has 2 aliphatic heterocycles. The quantitative estimate of drug-likeness (QED) is 0.323. The smallest absolute Gasteiger partial charge is 0.305 e. The van der Waals surface area contributed by atoms with E-state index in [9.17, 15) is 23.6 Å². The SMILES string of the molecule is Cc1cccc(NC(=O)COc2ccc([C@H]3c4sc(=O)[nH]c4SC4C(=O)N(c5ccc(F)cc5)C(=O)C43)cc2)c1. The van der Waals surface area contributed by atoms with Crippen molar-refractivity contribution >= 4 is 52.2 Å². The number of H-pyrrole nitrogens is 1. The number of aromatic nitrogens is 1. The van der Waals surface area contributed by atoms with Gasteiger partial charge in [0.2, 0.25) is 11.8 Å². The van der Waals surface area contributed by atoms with Gasteiger partial charge in [0.15, 0.2) is 6.61 Å². The number of carbonyl (C=O) groups excluding carboxylic acids is 3. The third-order valence-electron chi connectivity index (χ3n) is 6.82. The lowest BCUT2D eigenvalue weighted by molar-refractivity contribution is -0.122. The number of nitrogens with one attached hydrogen (secondary N) is 2. The van der Waals surface area contributed by atoms with Crippen LogP contribution in [0.4, 0.5) is 15.8 Å². The van der Waals surface area contributed by atoms with Crippen LogP contribution in [0.5, 0.6) is 5.75 Å². The molecular formula is C29H22FN3O5S2. The molecule has 0 spiro atoms. The van der Waals surface area contributed by atoms with E-state index in [1.54, 1.807) is 30.3 Å². The fourth-order valence-corrected chi connectivity index (χ4v) is 7.58. The molecule has 1 aromatic heterocycles. The average Bonchev–Trinajstić information content (AvgIpc) is 3.42. The molecule has 4 aromatic rings. The van der Waals surface area contributed by atoms with E-state index in [0.29, 0.717) is 27.0 Å². The highest BCUT2D eigenvalue weighted by molar-refractivity contribution is 8.00. The first-order valence-corrected chi connectivity index (χ1v) is 14.1. The number of aromatic amines is 1. The number of imide groups is 1. The summed E-state index contributed by atoms with van der Waals surface area (Å²) in [6.45, 7) is 1.74. The van der Waals surface area contributed by atoms with Crippen molar-refractivity contribution in [2.24, 2.45) is 5.92 Å². The van der Waals surface area contributed by atoms with Crippen LogP contribution in [0.2, 0.25) is 0 Å². The summed E-state index contributed by atoms with van der Waals surface area (Å²) in [4.78, 5) is 56.1. The Balaban J connectivity index is 1.24. The van der Waals surface area contributed by atoms with Crippen molar-refractivity contribution in [2.45, 2.75) is 23.1 Å². The van der Waals surface area contributed by atoms with E-state index in [-0.39, 0.29) is 17.4 Å². The zero-order valence-electron chi connectivity index (χ0n) is 21.1. The van der Waals surface area contributed by atoms with Crippen molar-refractivity contribution in [3.63, 3.8) is 0 Å². The summed E-state index contributed by atoms with van der Waals surface area (Å²) in [5.41, 5.74) is 2.73. The Morgan fingerprint density at radius 3 is 2.50 bits per heavy atom. The average molecular weight is 576 g/mol. The molecule has 1 fully saturated rings. The van der Waals surface area contributed by atoms with Gasteiger partial charge in [-0.1, -0.05) is 47.4 Å². The summed E-state index contributed by atoms with van der Waals surface area (Å²) in [6.07, 6.45) is 0. The van der Waals surface area contributed by atoms with Crippen molar-refractivity contribution in [3.05, 3.63) is 104 Å². The van der Waals surface area contributed by atoms with Crippen LogP contribution < -0.4 is 19.8 Å². The summed E-state index contributed by atoms with van der Waals surface area (Å²) >= 11 is 2.19. The highest BCUT2D eigenvalue weighted by Gasteiger charge is 2.56. The first-order valence-electron chi connectivity index (χ1n) is 12.4. The number of halogens is 1. The van der Waals surface area contributed by atoms with Gasteiger partial charge in [0.25, 0.3) is 5.91 Å². The molecule has 1 saturated heterocycles. The molecule has 3 heterocycles. The fraction of sp³-hybridized carbons (Fsp3) is 0.172. The molecule has 11 heteroatoms. The Kier molecular flexibility index (Phi) is 6.77. The van der Waals surface area contributed by atoms with Crippen LogP contribution in [0.25, 0.3) is 0 Å². The molecule has 2 unspecified atom stereocenters. The number of nitrogens with zero attached hydrogens (tertiary/aromatic N) is 1. The number of thioether (sulfide) groups is 1. The second-order valence-corrected chi connectivity index (χ2v) is 11.7. The molecule has 0 saturated carbocycles. The molecule has 2 aliphatic rings. The predicted molar refractivity (Wildman–Crippen MR) is 151 cm³/mol. The number of hydrogen-bond acceptors (Lipinski definition) is 7. The summed E-state index contributed by atoms with van der Waals surface area (Å²) in [5, 5.41) is 2.61. The number of aryl methyl sites for hydroxylation is 1. The molecular weight excluding hydrogens is 553 g/mol. The number of fused-ring (bicyclic) bond motifs is 2. The third kappa shape index (κ3) is 4.82. The Hall–Kier alpha value is -4.22. The van der Waals surface area contributed by atoms with Gasteiger partial charge in [0.05, 0.1) is 16.6 Å². The molecule has 3 atom stereocenters. The third-order valence-corrected chi connectivity index (χ3v) is 9.22. The number of benzene rings is 3. The predicted octanol–water partition coefficient (Wildman–Crippen LogP) is 4.70. The second kappa shape index (κ2) is 10.4. The van der Waals surface area contributed by atoms with Gasteiger partial charge >= 0.3 is 4.87 Å². The lowest BCUT2D eigenvalue weighted by Crippen LogP contribution is -2.32. The first kappa shape index (κ1) is 26.0. The van der Waals surface area contributed by atoms with Crippen molar-refractivity contribution < 1.29 is 23.5 Å². The standard InChI is InChI=1S/C29H22FN3O5S2/c1-15-3-2-4-18(13-15)31-21(34)14-38-20-11-5-16(6-12-20)22-23-25(39-26-24(22)40-29(37)32-26)28(36)33(27(23)35)19-9-7-17(30)8-10-19/h2-13,22-23,25H,14H2,1H3,(H,31,34)(H,32,37)/t22-,23?,25?/m1/s1. The molecule has 2 N–H and O–H groups in total. The van der Waals surface area contributed by atoms with Crippen LogP contribution in [0, 0.1) is 18.7 Å². The highest BCUT2D eigenvalue weighted by atomic mass is 32.2. The highest BCUT2D eigenvalue weighted by Crippen LogP contribution is 2.53. The summed E-state index contributed by atoms with van der Waals surface area (Å²) in [7, 11) is 0. The van der Waals surface area contributed by atoms with E-state index in [0.717, 1.165) is 27.4 Å². The topological polar surface area (TPSA) is 109 Å². The van der Waals surface area contributed by atoms with Crippen LogP contribution in [0.15, 0.2) is 82.6 Å². The second-order valence-electron chi connectivity index (χ2n) is 9.51. The van der Waals surface area contributed by atoms with E-state index in [1.807, 2.05) is 25.1 Å². The monoisotopic (exact) mass is 575 g/mol. The van der Waals surface area contributed by atoms with Gasteiger partial charge < -0.3 is 15.0 Å². The van der Waals surface area contributed by atoms with Crippen LogP contribution in [0.3, 0.4) is 0 Å². The van der Waals surface area contributed by atoms with Crippen LogP contribution in [-0.4, -0.2) is 34.6 Å². The molecule has 6 rings (SSSR count). The summed E-state index contributed by atoms with van der Waals surface area (Å²) < 4.78 is 19.2. The Labute approximate surface area is 236 Å². The number of carbonyl (C=O) groups is 3. The number of amides is 3. The molecule has 0 bridgehead atoms. The first-order chi connectivity index (χ1) is 19.3. The Bertz CT molecular complexity index is 1680. The van der Waals surface area contributed by atoms with Crippen LogP contribution >= 0.6 is 23.1 Å². The minimum atomic E-state index is -0.756. The van der Waals surface area contributed by atoms with Gasteiger partial charge in [0.1, 0.15) is 16.8 Å². The number of thiazole rings is 1. The van der Waals surface area contributed by atoms with Crippen molar-refractivity contribution in [1.29, 1.82) is 0 Å². The van der Waals surface area contributed by atoms with Crippen molar-refractivity contribution in [2.75, 3.05) is 16.8 Å². The lowest BCUT2D eigenvalue weighted by atomic mass is 9.83. The summed E-state index contributed by atoms with van der Waals surface area (Å²) in [5.74, 6) is -2.44. The molecule has 3 aromatic carbocycles. The van der Waals surface area contributed by atoms with Gasteiger partial charge in [-0.3, -0.25) is 19.2 Å². The van der Waals surface area contributed by atoms with Crippen LogP contribution in [-0.2, 0) is 14.4 Å². The van der Waals surface area contributed by atoms with Gasteiger partial charge in [0, 0.05) is 16.5 Å². The van der Waals surface area contributed by atoms with Gasteiger partial charge in [-0.2, -0.15) is 0 Å². The molecule has 0 aliphatic carbocycles. The van der Waals surface area contributed by atoms with Gasteiger partial charge in [-0.25, -0.2) is 9.29 Å². The maximum absolute atomic E-state index is 13.7. The molecule has 40 heavy (non-hydrogen) atoms. The van der Waals surface area contributed by atoms with Crippen LogP contribution in [0.1, 0.15) is 21.9 Å². The molecule has 3 amide bonds. The number of hydrogen-bond donors (Lipinski definition) is 2. The van der Waals surface area contributed by atoms with E-state index >= 15 is 0 Å². The van der Waals surface area contributed by atoms with E-state index in [4.69, 9.17) is 4.74 Å². The molecule has 0 radical (unpaired) electrons. The van der Waals surface area contributed by atoms with E-state index < -0.39 is 34.7 Å². The zero-order chi connectivity index (χ0) is 28.0. The number of rotatable bonds is 6.